The lowest BCUT2D eigenvalue weighted by molar-refractivity contribution is 0.0948. The zero-order valence-electron chi connectivity index (χ0n) is 11.6. The molecule has 0 bridgehead atoms. The second-order valence-electron chi connectivity index (χ2n) is 4.60. The lowest BCUT2D eigenvalue weighted by Gasteiger charge is -2.11. The fourth-order valence-electron chi connectivity index (χ4n) is 2.06. The molecule has 0 saturated heterocycles. The average molecular weight is 270 g/mol. The summed E-state index contributed by atoms with van der Waals surface area (Å²) in [6, 6.07) is 13.1. The van der Waals surface area contributed by atoms with Gasteiger partial charge in [-0.3, -0.25) is 4.79 Å². The molecule has 0 aliphatic heterocycles. The first-order valence-corrected chi connectivity index (χ1v) is 6.38. The number of benzene rings is 2. The zero-order chi connectivity index (χ0) is 14.5. The molecule has 2 aromatic carbocycles. The van der Waals surface area contributed by atoms with Gasteiger partial charge >= 0.3 is 0 Å². The number of ether oxygens (including phenoxy) is 1. The predicted molar refractivity (Wildman–Crippen MR) is 79.8 cm³/mol. The quantitative estimate of drug-likeness (QED) is 0.839. The van der Waals surface area contributed by atoms with Crippen molar-refractivity contribution >= 4 is 11.6 Å². The van der Waals surface area contributed by atoms with Crippen molar-refractivity contribution in [2.45, 2.75) is 13.5 Å². The summed E-state index contributed by atoms with van der Waals surface area (Å²) in [4.78, 5) is 12.2. The molecule has 3 N–H and O–H groups in total. The molecule has 2 aromatic rings. The predicted octanol–water partition coefficient (Wildman–Crippen LogP) is 2.52. The second kappa shape index (κ2) is 6.10. The molecule has 0 aliphatic carbocycles. The largest absolute Gasteiger partial charge is 0.494 e. The Morgan fingerprint density at radius 1 is 1.25 bits per heavy atom. The molecule has 104 valence electrons. The van der Waals surface area contributed by atoms with E-state index in [2.05, 4.69) is 5.32 Å². The number of carbonyl (C=O) groups excluding carboxylic acids is 1. The monoisotopic (exact) mass is 270 g/mol. The van der Waals surface area contributed by atoms with Gasteiger partial charge in [0.2, 0.25) is 0 Å². The molecule has 0 spiro atoms. The molecule has 0 saturated carbocycles. The molecule has 0 unspecified atom stereocenters. The first-order chi connectivity index (χ1) is 9.61. The number of amides is 1. The molecule has 4 heteroatoms. The van der Waals surface area contributed by atoms with Gasteiger partial charge in [-0.25, -0.2) is 0 Å². The summed E-state index contributed by atoms with van der Waals surface area (Å²) in [5, 5.41) is 2.87. The highest BCUT2D eigenvalue weighted by Crippen LogP contribution is 2.25. The van der Waals surface area contributed by atoms with Gasteiger partial charge in [0.05, 0.1) is 18.4 Å². The Hall–Kier alpha value is -2.49. The van der Waals surface area contributed by atoms with E-state index in [-0.39, 0.29) is 5.91 Å². The van der Waals surface area contributed by atoms with Crippen LogP contribution in [-0.2, 0) is 6.54 Å². The van der Waals surface area contributed by atoms with Gasteiger partial charge in [-0.1, -0.05) is 35.9 Å². The fraction of sp³-hybridized carbons (Fsp3) is 0.188. The molecule has 0 fully saturated rings. The van der Waals surface area contributed by atoms with Crippen LogP contribution in [0.15, 0.2) is 42.5 Å². The number of rotatable bonds is 4. The van der Waals surface area contributed by atoms with E-state index in [0.29, 0.717) is 23.5 Å². The normalized spacial score (nSPS) is 10.1. The van der Waals surface area contributed by atoms with E-state index in [4.69, 9.17) is 10.5 Å². The van der Waals surface area contributed by atoms with E-state index < -0.39 is 0 Å². The maximum atomic E-state index is 12.2. The minimum absolute atomic E-state index is 0.198. The van der Waals surface area contributed by atoms with Gasteiger partial charge in [0, 0.05) is 6.54 Å². The summed E-state index contributed by atoms with van der Waals surface area (Å²) in [5.41, 5.74) is 8.91. The van der Waals surface area contributed by atoms with E-state index in [0.717, 1.165) is 5.56 Å². The molecule has 2 rings (SSSR count). The van der Waals surface area contributed by atoms with Gasteiger partial charge in [0.25, 0.3) is 5.91 Å². The number of nitrogens with one attached hydrogen (secondary N) is 1. The van der Waals surface area contributed by atoms with Gasteiger partial charge in [-0.15, -0.1) is 0 Å². The number of para-hydroxylation sites is 1. The second-order valence-corrected chi connectivity index (χ2v) is 4.60. The number of anilines is 1. The van der Waals surface area contributed by atoms with Crippen LogP contribution in [0.2, 0.25) is 0 Å². The Balaban J connectivity index is 2.11. The van der Waals surface area contributed by atoms with E-state index in [1.165, 1.54) is 12.7 Å². The lowest BCUT2D eigenvalue weighted by atomic mass is 10.1. The van der Waals surface area contributed by atoms with Crippen molar-refractivity contribution in [3.8, 4) is 5.75 Å². The zero-order valence-corrected chi connectivity index (χ0v) is 11.6. The summed E-state index contributed by atoms with van der Waals surface area (Å²) in [7, 11) is 1.50. The van der Waals surface area contributed by atoms with Crippen molar-refractivity contribution < 1.29 is 9.53 Å². The maximum absolute atomic E-state index is 12.2. The highest BCUT2D eigenvalue weighted by molar-refractivity contribution is 5.98. The van der Waals surface area contributed by atoms with Gasteiger partial charge in [0.1, 0.15) is 0 Å². The third-order valence-electron chi connectivity index (χ3n) is 3.03. The van der Waals surface area contributed by atoms with E-state index in [9.17, 15) is 4.79 Å². The third-order valence-corrected chi connectivity index (χ3v) is 3.03. The van der Waals surface area contributed by atoms with E-state index >= 15 is 0 Å². The van der Waals surface area contributed by atoms with Crippen LogP contribution in [-0.4, -0.2) is 13.0 Å². The Labute approximate surface area is 118 Å². The standard InChI is InChI=1S/C16H18N2O2/c1-11-5-3-6-12(9-11)10-18-16(19)13-7-4-8-14(17)15(13)20-2/h3-9H,10,17H2,1-2H3,(H,18,19). The summed E-state index contributed by atoms with van der Waals surface area (Å²) in [5.74, 6) is 0.213. The maximum Gasteiger partial charge on any atom is 0.255 e. The van der Waals surface area contributed by atoms with Crippen LogP contribution >= 0.6 is 0 Å². The first kappa shape index (κ1) is 13.9. The number of hydrogen-bond acceptors (Lipinski definition) is 3. The van der Waals surface area contributed by atoms with Crippen LogP contribution in [0, 0.1) is 6.92 Å². The smallest absolute Gasteiger partial charge is 0.255 e. The third kappa shape index (κ3) is 3.09. The minimum atomic E-state index is -0.198. The Kier molecular flexibility index (Phi) is 4.25. The number of carbonyl (C=O) groups is 1. The fourth-order valence-corrected chi connectivity index (χ4v) is 2.06. The molecule has 0 atom stereocenters. The van der Waals surface area contributed by atoms with Crippen molar-refractivity contribution in [2.24, 2.45) is 0 Å². The van der Waals surface area contributed by atoms with Crippen molar-refractivity contribution in [1.82, 2.24) is 5.32 Å². The number of aryl methyl sites for hydroxylation is 1. The van der Waals surface area contributed by atoms with Gasteiger partial charge < -0.3 is 15.8 Å². The van der Waals surface area contributed by atoms with E-state index in [1.807, 2.05) is 31.2 Å². The van der Waals surface area contributed by atoms with Crippen molar-refractivity contribution in [2.75, 3.05) is 12.8 Å². The summed E-state index contributed by atoms with van der Waals surface area (Å²) in [6.45, 7) is 2.49. The Morgan fingerprint density at radius 3 is 2.70 bits per heavy atom. The van der Waals surface area contributed by atoms with Gasteiger partial charge in [-0.05, 0) is 24.6 Å². The van der Waals surface area contributed by atoms with Gasteiger partial charge in [0.15, 0.2) is 5.75 Å². The number of hydrogen-bond donors (Lipinski definition) is 2. The van der Waals surface area contributed by atoms with Crippen LogP contribution in [0.4, 0.5) is 5.69 Å². The molecule has 0 heterocycles. The van der Waals surface area contributed by atoms with Crippen LogP contribution in [0.5, 0.6) is 5.75 Å². The minimum Gasteiger partial charge on any atom is -0.494 e. The summed E-state index contributed by atoms with van der Waals surface area (Å²) >= 11 is 0. The SMILES string of the molecule is COc1c(N)cccc1C(=O)NCc1cccc(C)c1. The summed E-state index contributed by atoms with van der Waals surface area (Å²) in [6.07, 6.45) is 0. The molecule has 0 aromatic heterocycles. The van der Waals surface area contributed by atoms with Gasteiger partial charge in [-0.2, -0.15) is 0 Å². The van der Waals surface area contributed by atoms with Crippen LogP contribution in [0.25, 0.3) is 0 Å². The van der Waals surface area contributed by atoms with Crippen LogP contribution in [0.3, 0.4) is 0 Å². The van der Waals surface area contributed by atoms with Crippen molar-refractivity contribution in [3.05, 3.63) is 59.2 Å². The van der Waals surface area contributed by atoms with E-state index in [1.54, 1.807) is 18.2 Å². The molecular weight excluding hydrogens is 252 g/mol. The molecular formula is C16H18N2O2. The number of methoxy groups -OCH3 is 1. The molecule has 0 radical (unpaired) electrons. The number of nitrogens with two attached hydrogens (primary N) is 1. The average Bonchev–Trinajstić information content (AvgIpc) is 2.44. The Morgan fingerprint density at radius 2 is 2.00 bits per heavy atom. The molecule has 4 nitrogen and oxygen atoms in total. The molecule has 20 heavy (non-hydrogen) atoms. The Bertz CT molecular complexity index is 624. The molecule has 1 amide bonds. The first-order valence-electron chi connectivity index (χ1n) is 6.38. The topological polar surface area (TPSA) is 64.3 Å². The highest BCUT2D eigenvalue weighted by Gasteiger charge is 2.13. The summed E-state index contributed by atoms with van der Waals surface area (Å²) < 4.78 is 5.18. The lowest BCUT2D eigenvalue weighted by Crippen LogP contribution is -2.23. The number of nitrogen functional groups attached to an aromatic ring is 1. The molecule has 0 aliphatic rings. The van der Waals surface area contributed by atoms with Crippen LogP contribution in [0.1, 0.15) is 21.5 Å². The van der Waals surface area contributed by atoms with Crippen LogP contribution < -0.4 is 15.8 Å². The van der Waals surface area contributed by atoms with Crippen molar-refractivity contribution in [3.63, 3.8) is 0 Å². The van der Waals surface area contributed by atoms with Crippen molar-refractivity contribution in [1.29, 1.82) is 0 Å². The highest BCUT2D eigenvalue weighted by atomic mass is 16.5.